The van der Waals surface area contributed by atoms with E-state index in [1.807, 2.05) is 49.5 Å². The molecule has 0 spiro atoms. The second-order valence-electron chi connectivity index (χ2n) is 8.65. The van der Waals surface area contributed by atoms with E-state index in [1.54, 1.807) is 30.5 Å². The largest absolute Gasteiger partial charge is 0.342 e. The summed E-state index contributed by atoms with van der Waals surface area (Å²) in [6.45, 7) is 2.52. The summed E-state index contributed by atoms with van der Waals surface area (Å²) >= 11 is 1.13. The van der Waals surface area contributed by atoms with Crippen LogP contribution in [0.5, 0.6) is 0 Å². The lowest BCUT2D eigenvalue weighted by Crippen LogP contribution is -2.19. The van der Waals surface area contributed by atoms with Crippen molar-refractivity contribution in [1.29, 1.82) is 0 Å². The van der Waals surface area contributed by atoms with Crippen LogP contribution in [0.3, 0.4) is 0 Å². The smallest absolute Gasteiger partial charge is 0.257 e. The fourth-order valence-corrected chi connectivity index (χ4v) is 4.63. The second kappa shape index (κ2) is 11.1. The van der Waals surface area contributed by atoms with Crippen molar-refractivity contribution in [3.8, 4) is 0 Å². The van der Waals surface area contributed by atoms with Gasteiger partial charge in [0.2, 0.25) is 11.0 Å². The van der Waals surface area contributed by atoms with Crippen molar-refractivity contribution in [3.05, 3.63) is 112 Å². The Labute approximate surface area is 221 Å². The number of carbonyl (C=O) groups is 2. The van der Waals surface area contributed by atoms with Gasteiger partial charge in [-0.15, -0.1) is 10.2 Å². The molecule has 0 aliphatic rings. The molecule has 3 aromatic carbocycles. The van der Waals surface area contributed by atoms with E-state index in [0.29, 0.717) is 22.2 Å². The van der Waals surface area contributed by atoms with Gasteiger partial charge in [-0.05, 0) is 42.8 Å². The number of fused-ring (bicyclic) bond motifs is 1. The SMILES string of the molecule is Cc1ccc(C(=O)Nc2nnc(CC(=O)N/N=C/c3cn(Cc4ccc(F)cc4)c4ccccc34)s2)cc1. The van der Waals surface area contributed by atoms with E-state index in [-0.39, 0.29) is 24.1 Å². The standard InChI is InChI=1S/C28H23FN6O2S/c1-18-6-10-20(11-7-18)27(37)31-28-34-33-26(38-28)14-25(36)32-30-15-21-17-35(24-5-3-2-4-23(21)24)16-19-8-12-22(29)13-9-19/h2-13,15,17H,14,16H2,1H3,(H,32,36)(H,31,34,37)/b30-15+. The zero-order chi connectivity index (χ0) is 26.5. The van der Waals surface area contributed by atoms with Gasteiger partial charge in [0.25, 0.3) is 5.91 Å². The van der Waals surface area contributed by atoms with Gasteiger partial charge in [0.05, 0.1) is 12.6 Å². The molecule has 5 rings (SSSR count). The Morgan fingerprint density at radius 2 is 1.79 bits per heavy atom. The van der Waals surface area contributed by atoms with Gasteiger partial charge in [0.1, 0.15) is 10.8 Å². The molecule has 190 valence electrons. The van der Waals surface area contributed by atoms with Crippen molar-refractivity contribution in [3.63, 3.8) is 0 Å². The Morgan fingerprint density at radius 1 is 1.03 bits per heavy atom. The highest BCUT2D eigenvalue weighted by molar-refractivity contribution is 7.15. The van der Waals surface area contributed by atoms with Crippen LogP contribution >= 0.6 is 11.3 Å². The number of nitrogens with zero attached hydrogens (tertiary/aromatic N) is 4. The van der Waals surface area contributed by atoms with Crippen LogP contribution in [0.15, 0.2) is 84.1 Å². The van der Waals surface area contributed by atoms with Crippen molar-refractivity contribution in [2.24, 2.45) is 5.10 Å². The lowest BCUT2D eigenvalue weighted by Gasteiger charge is -2.05. The molecule has 0 aliphatic heterocycles. The van der Waals surface area contributed by atoms with E-state index < -0.39 is 0 Å². The van der Waals surface area contributed by atoms with Crippen molar-refractivity contribution < 1.29 is 14.0 Å². The Kier molecular flexibility index (Phi) is 7.32. The van der Waals surface area contributed by atoms with Crippen LogP contribution in [0, 0.1) is 12.7 Å². The first kappa shape index (κ1) is 25.0. The third-order valence-electron chi connectivity index (χ3n) is 5.79. The van der Waals surface area contributed by atoms with E-state index in [1.165, 1.54) is 12.1 Å². The third kappa shape index (κ3) is 5.98. The van der Waals surface area contributed by atoms with Gasteiger partial charge in [-0.1, -0.05) is 59.4 Å². The number of carbonyl (C=O) groups excluding carboxylic acids is 2. The van der Waals surface area contributed by atoms with Crippen LogP contribution in [-0.2, 0) is 17.8 Å². The summed E-state index contributed by atoms with van der Waals surface area (Å²) in [5.41, 5.74) is 6.89. The Morgan fingerprint density at radius 3 is 2.58 bits per heavy atom. The van der Waals surface area contributed by atoms with E-state index in [9.17, 15) is 14.0 Å². The summed E-state index contributed by atoms with van der Waals surface area (Å²) in [5, 5.41) is 16.5. The topological polar surface area (TPSA) is 101 Å². The zero-order valence-electron chi connectivity index (χ0n) is 20.4. The molecule has 0 unspecified atom stereocenters. The Balaban J connectivity index is 1.20. The molecule has 0 saturated carbocycles. The Hall–Kier alpha value is -4.70. The quantitative estimate of drug-likeness (QED) is 0.221. The second-order valence-corrected chi connectivity index (χ2v) is 9.71. The van der Waals surface area contributed by atoms with Gasteiger partial charge in [-0.2, -0.15) is 5.10 Å². The number of amides is 2. The number of para-hydroxylation sites is 1. The molecule has 0 bridgehead atoms. The summed E-state index contributed by atoms with van der Waals surface area (Å²) in [4.78, 5) is 24.8. The number of benzene rings is 3. The number of aromatic nitrogens is 3. The number of halogens is 1. The summed E-state index contributed by atoms with van der Waals surface area (Å²) < 4.78 is 15.3. The Bertz CT molecular complexity index is 1620. The molecular weight excluding hydrogens is 503 g/mol. The van der Waals surface area contributed by atoms with E-state index in [0.717, 1.165) is 38.9 Å². The fourth-order valence-electron chi connectivity index (χ4n) is 3.90. The lowest BCUT2D eigenvalue weighted by atomic mass is 10.1. The maximum atomic E-state index is 13.3. The zero-order valence-corrected chi connectivity index (χ0v) is 21.2. The first-order chi connectivity index (χ1) is 18.4. The van der Waals surface area contributed by atoms with Crippen LogP contribution in [0.2, 0.25) is 0 Å². The maximum absolute atomic E-state index is 13.3. The minimum atomic E-state index is -0.358. The van der Waals surface area contributed by atoms with E-state index in [4.69, 9.17) is 0 Å². The molecule has 2 heterocycles. The number of hydrogen-bond donors (Lipinski definition) is 2. The van der Waals surface area contributed by atoms with Crippen LogP contribution in [0.25, 0.3) is 10.9 Å². The summed E-state index contributed by atoms with van der Waals surface area (Å²) in [6, 6.07) is 21.4. The molecule has 0 saturated heterocycles. The average Bonchev–Trinajstić information content (AvgIpc) is 3.50. The number of nitrogens with one attached hydrogen (secondary N) is 2. The highest BCUT2D eigenvalue weighted by atomic mass is 32.1. The lowest BCUT2D eigenvalue weighted by molar-refractivity contribution is -0.120. The molecule has 0 fully saturated rings. The fraction of sp³-hybridized carbons (Fsp3) is 0.107. The third-order valence-corrected chi connectivity index (χ3v) is 6.63. The van der Waals surface area contributed by atoms with Gasteiger partial charge in [-0.3, -0.25) is 14.9 Å². The maximum Gasteiger partial charge on any atom is 0.257 e. The van der Waals surface area contributed by atoms with Crippen LogP contribution < -0.4 is 10.7 Å². The van der Waals surface area contributed by atoms with E-state index >= 15 is 0 Å². The van der Waals surface area contributed by atoms with Gasteiger partial charge in [0.15, 0.2) is 0 Å². The number of hydrazone groups is 1. The number of rotatable bonds is 8. The molecule has 2 N–H and O–H groups in total. The number of aryl methyl sites for hydroxylation is 1. The first-order valence-corrected chi connectivity index (χ1v) is 12.6. The number of anilines is 1. The first-order valence-electron chi connectivity index (χ1n) is 11.8. The van der Waals surface area contributed by atoms with Crippen molar-refractivity contribution in [2.75, 3.05) is 5.32 Å². The molecule has 8 nitrogen and oxygen atoms in total. The van der Waals surface area contributed by atoms with Gasteiger partial charge >= 0.3 is 0 Å². The molecule has 5 aromatic rings. The van der Waals surface area contributed by atoms with E-state index in [2.05, 4.69) is 30.6 Å². The van der Waals surface area contributed by atoms with Crippen LogP contribution in [-0.4, -0.2) is 32.8 Å². The minimum absolute atomic E-state index is 0.0261. The summed E-state index contributed by atoms with van der Waals surface area (Å²) in [5.74, 6) is -0.921. The van der Waals surface area contributed by atoms with Crippen LogP contribution in [0.4, 0.5) is 9.52 Å². The molecule has 0 radical (unpaired) electrons. The highest BCUT2D eigenvalue weighted by Gasteiger charge is 2.13. The molecule has 2 amide bonds. The predicted octanol–water partition coefficient (Wildman–Crippen LogP) is 4.93. The normalized spacial score (nSPS) is 11.2. The summed E-state index contributed by atoms with van der Waals surface area (Å²) in [7, 11) is 0. The monoisotopic (exact) mass is 526 g/mol. The predicted molar refractivity (Wildman–Crippen MR) is 146 cm³/mol. The van der Waals surface area contributed by atoms with Crippen LogP contribution in [0.1, 0.15) is 32.1 Å². The van der Waals surface area contributed by atoms with Gasteiger partial charge in [-0.25, -0.2) is 9.82 Å². The highest BCUT2D eigenvalue weighted by Crippen LogP contribution is 2.21. The van der Waals surface area contributed by atoms with Crippen molar-refractivity contribution in [1.82, 2.24) is 20.2 Å². The number of hydrogen-bond acceptors (Lipinski definition) is 6. The molecule has 10 heteroatoms. The molecule has 0 atom stereocenters. The van der Waals surface area contributed by atoms with Gasteiger partial charge < -0.3 is 4.57 Å². The average molecular weight is 527 g/mol. The van der Waals surface area contributed by atoms with Crippen molar-refractivity contribution >= 4 is 45.4 Å². The molecular formula is C28H23FN6O2S. The minimum Gasteiger partial charge on any atom is -0.342 e. The van der Waals surface area contributed by atoms with Gasteiger partial charge in [0, 0.05) is 34.8 Å². The molecule has 38 heavy (non-hydrogen) atoms. The molecule has 0 aliphatic carbocycles. The molecule has 2 aromatic heterocycles. The summed E-state index contributed by atoms with van der Waals surface area (Å²) in [6.07, 6.45) is 3.51. The van der Waals surface area contributed by atoms with Crippen molar-refractivity contribution in [2.45, 2.75) is 19.9 Å².